The Hall–Kier alpha value is -3.15. The van der Waals surface area contributed by atoms with Crippen molar-refractivity contribution >= 4 is 22.8 Å². The number of imidazole rings is 1. The maximum absolute atomic E-state index is 12.1. The second-order valence-corrected chi connectivity index (χ2v) is 5.93. The summed E-state index contributed by atoms with van der Waals surface area (Å²) >= 11 is 0. The van der Waals surface area contributed by atoms with Crippen molar-refractivity contribution in [3.05, 3.63) is 65.5 Å². The van der Waals surface area contributed by atoms with Crippen LogP contribution >= 0.6 is 0 Å². The largest absolute Gasteiger partial charge is 0.345 e. The number of benzene rings is 2. The number of carbonyl (C=O) groups excluding carboxylic acids is 2. The van der Waals surface area contributed by atoms with Gasteiger partial charge >= 0.3 is 0 Å². The van der Waals surface area contributed by atoms with E-state index < -0.39 is 0 Å². The number of carbonyl (C=O) groups is 2. The summed E-state index contributed by atoms with van der Waals surface area (Å²) in [5.74, 6) is 0.152. The zero-order valence-corrected chi connectivity index (χ0v) is 14.2. The monoisotopic (exact) mass is 336 g/mol. The molecule has 128 valence electrons. The van der Waals surface area contributed by atoms with Crippen LogP contribution < -0.4 is 10.6 Å². The van der Waals surface area contributed by atoms with Crippen LogP contribution in [0.5, 0.6) is 0 Å². The van der Waals surface area contributed by atoms with Crippen molar-refractivity contribution in [3.8, 4) is 0 Å². The SMILES string of the molecule is Cc1ccccc1C(=O)NCC(=O)NC(C)c1nc2ccccc2[nH]1. The van der Waals surface area contributed by atoms with E-state index in [1.165, 1.54) is 0 Å². The van der Waals surface area contributed by atoms with Crippen LogP contribution in [0.4, 0.5) is 0 Å². The molecule has 0 bridgehead atoms. The number of hydrogen-bond donors (Lipinski definition) is 3. The number of nitrogens with one attached hydrogen (secondary N) is 3. The Balaban J connectivity index is 1.57. The van der Waals surface area contributed by atoms with E-state index in [9.17, 15) is 9.59 Å². The first-order valence-corrected chi connectivity index (χ1v) is 8.12. The molecule has 1 atom stereocenters. The Kier molecular flexibility index (Phi) is 4.79. The highest BCUT2D eigenvalue weighted by molar-refractivity contribution is 5.97. The van der Waals surface area contributed by atoms with Crippen LogP contribution in [-0.4, -0.2) is 28.3 Å². The maximum atomic E-state index is 12.1. The molecule has 0 saturated carbocycles. The number of aromatic amines is 1. The molecular weight excluding hydrogens is 316 g/mol. The molecule has 0 aliphatic carbocycles. The predicted molar refractivity (Wildman–Crippen MR) is 96.2 cm³/mol. The van der Waals surface area contributed by atoms with Crippen LogP contribution in [0, 0.1) is 6.92 Å². The molecule has 3 rings (SSSR count). The fourth-order valence-electron chi connectivity index (χ4n) is 2.62. The van der Waals surface area contributed by atoms with E-state index in [0.29, 0.717) is 11.4 Å². The summed E-state index contributed by atoms with van der Waals surface area (Å²) in [6, 6.07) is 14.7. The molecular formula is C19H20N4O2. The molecule has 3 aromatic rings. The van der Waals surface area contributed by atoms with E-state index in [-0.39, 0.29) is 24.4 Å². The number of rotatable bonds is 5. The first-order valence-electron chi connectivity index (χ1n) is 8.12. The van der Waals surface area contributed by atoms with Crippen LogP contribution in [0.25, 0.3) is 11.0 Å². The van der Waals surface area contributed by atoms with Gasteiger partial charge in [0.1, 0.15) is 5.82 Å². The van der Waals surface area contributed by atoms with Gasteiger partial charge in [-0.1, -0.05) is 30.3 Å². The summed E-state index contributed by atoms with van der Waals surface area (Å²) in [5, 5.41) is 5.47. The average molecular weight is 336 g/mol. The van der Waals surface area contributed by atoms with Gasteiger partial charge in [-0.25, -0.2) is 4.98 Å². The highest BCUT2D eigenvalue weighted by atomic mass is 16.2. The molecule has 1 heterocycles. The van der Waals surface area contributed by atoms with Crippen molar-refractivity contribution in [1.29, 1.82) is 0 Å². The minimum Gasteiger partial charge on any atom is -0.345 e. The second kappa shape index (κ2) is 7.17. The van der Waals surface area contributed by atoms with Gasteiger partial charge in [0.05, 0.1) is 23.6 Å². The molecule has 2 amide bonds. The Labute approximate surface area is 145 Å². The Morgan fingerprint density at radius 1 is 1.12 bits per heavy atom. The lowest BCUT2D eigenvalue weighted by molar-refractivity contribution is -0.120. The minimum absolute atomic E-state index is 0.0856. The molecule has 0 fully saturated rings. The zero-order chi connectivity index (χ0) is 17.8. The normalized spacial score (nSPS) is 11.9. The lowest BCUT2D eigenvalue weighted by atomic mass is 10.1. The van der Waals surface area contributed by atoms with Gasteiger partial charge in [0.2, 0.25) is 5.91 Å². The van der Waals surface area contributed by atoms with E-state index in [1.807, 2.05) is 50.2 Å². The van der Waals surface area contributed by atoms with Gasteiger partial charge in [0.15, 0.2) is 0 Å². The lowest BCUT2D eigenvalue weighted by Crippen LogP contribution is -2.38. The standard InChI is InChI=1S/C19H20N4O2/c1-12-7-3-4-8-14(12)19(25)20-11-17(24)21-13(2)18-22-15-9-5-6-10-16(15)23-18/h3-10,13H,11H2,1-2H3,(H,20,25)(H,21,24)(H,22,23). The molecule has 1 aromatic heterocycles. The topological polar surface area (TPSA) is 86.9 Å². The molecule has 3 N–H and O–H groups in total. The molecule has 0 aliphatic heterocycles. The van der Waals surface area contributed by atoms with Crippen molar-refractivity contribution < 1.29 is 9.59 Å². The molecule has 2 aromatic carbocycles. The summed E-state index contributed by atoms with van der Waals surface area (Å²) in [6.45, 7) is 3.62. The fourth-order valence-corrected chi connectivity index (χ4v) is 2.62. The van der Waals surface area contributed by atoms with Gasteiger partial charge in [0, 0.05) is 5.56 Å². The summed E-state index contributed by atoms with van der Waals surface area (Å²) in [7, 11) is 0. The number of amides is 2. The number of aryl methyl sites for hydroxylation is 1. The summed E-state index contributed by atoms with van der Waals surface area (Å²) in [6.07, 6.45) is 0. The molecule has 0 aliphatic rings. The van der Waals surface area contributed by atoms with Gasteiger partial charge < -0.3 is 15.6 Å². The van der Waals surface area contributed by atoms with E-state index >= 15 is 0 Å². The number of aromatic nitrogens is 2. The predicted octanol–water partition coefficient (Wildman–Crippen LogP) is 2.48. The van der Waals surface area contributed by atoms with Crippen molar-refractivity contribution in [2.45, 2.75) is 19.9 Å². The Morgan fingerprint density at radius 3 is 2.60 bits per heavy atom. The third-order valence-corrected chi connectivity index (χ3v) is 3.99. The lowest BCUT2D eigenvalue weighted by Gasteiger charge is -2.12. The van der Waals surface area contributed by atoms with Crippen molar-refractivity contribution in [3.63, 3.8) is 0 Å². The molecule has 25 heavy (non-hydrogen) atoms. The number of fused-ring (bicyclic) bond motifs is 1. The molecule has 0 saturated heterocycles. The highest BCUT2D eigenvalue weighted by Gasteiger charge is 2.15. The van der Waals surface area contributed by atoms with E-state index in [2.05, 4.69) is 20.6 Å². The number of nitrogens with zero attached hydrogens (tertiary/aromatic N) is 1. The number of hydrogen-bond acceptors (Lipinski definition) is 3. The molecule has 0 spiro atoms. The molecule has 6 heteroatoms. The van der Waals surface area contributed by atoms with Crippen LogP contribution in [-0.2, 0) is 4.79 Å². The highest BCUT2D eigenvalue weighted by Crippen LogP contribution is 2.15. The number of para-hydroxylation sites is 2. The van der Waals surface area contributed by atoms with Gasteiger partial charge in [-0.15, -0.1) is 0 Å². The zero-order valence-electron chi connectivity index (χ0n) is 14.2. The fraction of sp³-hybridized carbons (Fsp3) is 0.211. The summed E-state index contributed by atoms with van der Waals surface area (Å²) < 4.78 is 0. The molecule has 1 unspecified atom stereocenters. The van der Waals surface area contributed by atoms with Crippen LogP contribution in [0.2, 0.25) is 0 Å². The van der Waals surface area contributed by atoms with E-state index in [4.69, 9.17) is 0 Å². The second-order valence-electron chi connectivity index (χ2n) is 5.93. The van der Waals surface area contributed by atoms with E-state index in [0.717, 1.165) is 16.6 Å². The van der Waals surface area contributed by atoms with Crippen molar-refractivity contribution in [2.24, 2.45) is 0 Å². The third-order valence-electron chi connectivity index (χ3n) is 3.99. The molecule has 6 nitrogen and oxygen atoms in total. The van der Waals surface area contributed by atoms with Crippen molar-refractivity contribution in [1.82, 2.24) is 20.6 Å². The minimum atomic E-state index is -0.282. The smallest absolute Gasteiger partial charge is 0.251 e. The Morgan fingerprint density at radius 2 is 1.84 bits per heavy atom. The summed E-state index contributed by atoms with van der Waals surface area (Å²) in [5.41, 5.74) is 3.22. The molecule has 0 radical (unpaired) electrons. The first kappa shape index (κ1) is 16.7. The van der Waals surface area contributed by atoms with E-state index in [1.54, 1.807) is 12.1 Å². The van der Waals surface area contributed by atoms with Gasteiger partial charge in [-0.05, 0) is 37.6 Å². The van der Waals surface area contributed by atoms with Gasteiger partial charge in [-0.2, -0.15) is 0 Å². The van der Waals surface area contributed by atoms with Gasteiger partial charge in [0.25, 0.3) is 5.91 Å². The first-order chi connectivity index (χ1) is 12.0. The van der Waals surface area contributed by atoms with Crippen LogP contribution in [0.1, 0.15) is 34.7 Å². The Bertz CT molecular complexity index is 883. The van der Waals surface area contributed by atoms with Crippen molar-refractivity contribution in [2.75, 3.05) is 6.54 Å². The van der Waals surface area contributed by atoms with Gasteiger partial charge in [-0.3, -0.25) is 9.59 Å². The summed E-state index contributed by atoms with van der Waals surface area (Å²) in [4.78, 5) is 31.9. The average Bonchev–Trinajstić information content (AvgIpc) is 3.04. The quantitative estimate of drug-likeness (QED) is 0.669. The number of H-pyrrole nitrogens is 1. The maximum Gasteiger partial charge on any atom is 0.251 e. The van der Waals surface area contributed by atoms with Crippen LogP contribution in [0.15, 0.2) is 48.5 Å². The van der Waals surface area contributed by atoms with Crippen LogP contribution in [0.3, 0.4) is 0 Å². The third kappa shape index (κ3) is 3.85.